The standard InChI is InChI=1S/C15H25N3O.HI/c1-11-8-12(2)10-13(9-11)19-7-6-17-14(16)18-15(3,4)5;/h8-10H,6-7H2,1-5H3,(H3,16,17,18);1H. The summed E-state index contributed by atoms with van der Waals surface area (Å²) in [5.74, 6) is 1.34. The average molecular weight is 391 g/mol. The predicted molar refractivity (Wildman–Crippen MR) is 96.2 cm³/mol. The average Bonchev–Trinajstić information content (AvgIpc) is 2.20. The van der Waals surface area contributed by atoms with Crippen molar-refractivity contribution in [2.45, 2.75) is 40.2 Å². The van der Waals surface area contributed by atoms with Crippen LogP contribution in [0.2, 0.25) is 0 Å². The van der Waals surface area contributed by atoms with Gasteiger partial charge in [0.25, 0.3) is 0 Å². The van der Waals surface area contributed by atoms with E-state index in [9.17, 15) is 0 Å². The second-order valence-corrected chi connectivity index (χ2v) is 5.81. The van der Waals surface area contributed by atoms with Crippen LogP contribution in [0.5, 0.6) is 5.75 Å². The van der Waals surface area contributed by atoms with Crippen LogP contribution in [0.1, 0.15) is 31.9 Å². The van der Waals surface area contributed by atoms with E-state index in [4.69, 9.17) is 10.5 Å². The van der Waals surface area contributed by atoms with Gasteiger partial charge >= 0.3 is 0 Å². The van der Waals surface area contributed by atoms with Crippen LogP contribution >= 0.6 is 24.0 Å². The Bertz CT molecular complexity index is 433. The Kier molecular flexibility index (Phi) is 7.93. The number of hydrogen-bond donors (Lipinski definition) is 2. The van der Waals surface area contributed by atoms with E-state index in [0.29, 0.717) is 19.1 Å². The van der Waals surface area contributed by atoms with Crippen LogP contribution in [-0.4, -0.2) is 24.7 Å². The number of nitrogens with two attached hydrogens (primary N) is 1. The second-order valence-electron chi connectivity index (χ2n) is 5.81. The van der Waals surface area contributed by atoms with Gasteiger partial charge in [0, 0.05) is 5.54 Å². The number of ether oxygens (including phenoxy) is 1. The molecule has 1 rings (SSSR count). The summed E-state index contributed by atoms with van der Waals surface area (Å²) in [5.41, 5.74) is 8.11. The van der Waals surface area contributed by atoms with E-state index < -0.39 is 0 Å². The fourth-order valence-corrected chi connectivity index (χ4v) is 1.77. The quantitative estimate of drug-likeness (QED) is 0.359. The lowest BCUT2D eigenvalue weighted by Gasteiger charge is -2.20. The third-order valence-electron chi connectivity index (χ3n) is 2.34. The van der Waals surface area contributed by atoms with Gasteiger partial charge in [0.05, 0.1) is 6.54 Å². The van der Waals surface area contributed by atoms with Gasteiger partial charge in [-0.05, 0) is 57.9 Å². The molecule has 1 aromatic carbocycles. The zero-order valence-electron chi connectivity index (χ0n) is 13.0. The van der Waals surface area contributed by atoms with E-state index in [0.717, 1.165) is 5.75 Å². The topological polar surface area (TPSA) is 59.6 Å². The number of aryl methyl sites for hydroxylation is 2. The molecule has 0 aromatic heterocycles. The van der Waals surface area contributed by atoms with Crippen LogP contribution < -0.4 is 15.8 Å². The van der Waals surface area contributed by atoms with Crippen molar-refractivity contribution >= 4 is 29.9 Å². The molecule has 0 fully saturated rings. The molecule has 0 saturated carbocycles. The molecule has 0 radical (unpaired) electrons. The molecule has 0 amide bonds. The first kappa shape index (κ1) is 19.0. The highest BCUT2D eigenvalue weighted by Gasteiger charge is 2.09. The fourth-order valence-electron chi connectivity index (χ4n) is 1.77. The minimum atomic E-state index is -0.0674. The lowest BCUT2D eigenvalue weighted by molar-refractivity contribution is 0.328. The molecule has 1 aromatic rings. The Labute approximate surface area is 139 Å². The molecule has 114 valence electrons. The third kappa shape index (κ3) is 8.24. The summed E-state index contributed by atoms with van der Waals surface area (Å²) in [6, 6.07) is 6.16. The van der Waals surface area contributed by atoms with E-state index in [2.05, 4.69) is 30.2 Å². The van der Waals surface area contributed by atoms with Crippen LogP contribution in [0.25, 0.3) is 0 Å². The molecule has 0 bridgehead atoms. The number of aliphatic imine (C=N–C) groups is 1. The minimum Gasteiger partial charge on any atom is -0.492 e. The molecular formula is C15H26IN3O. The highest BCUT2D eigenvalue weighted by atomic mass is 127. The molecule has 0 spiro atoms. The number of nitrogens with one attached hydrogen (secondary N) is 1. The van der Waals surface area contributed by atoms with Gasteiger partial charge in [-0.15, -0.1) is 24.0 Å². The first-order valence-corrected chi connectivity index (χ1v) is 6.55. The minimum absolute atomic E-state index is 0. The van der Waals surface area contributed by atoms with Crippen molar-refractivity contribution in [1.29, 1.82) is 0 Å². The van der Waals surface area contributed by atoms with Gasteiger partial charge in [0.2, 0.25) is 0 Å². The van der Waals surface area contributed by atoms with E-state index in [1.54, 1.807) is 0 Å². The van der Waals surface area contributed by atoms with Crippen LogP contribution in [0.4, 0.5) is 0 Å². The molecule has 0 atom stereocenters. The van der Waals surface area contributed by atoms with E-state index in [-0.39, 0.29) is 29.5 Å². The molecule has 0 heterocycles. The maximum atomic E-state index is 5.77. The van der Waals surface area contributed by atoms with Crippen molar-refractivity contribution in [1.82, 2.24) is 5.32 Å². The molecule has 0 unspecified atom stereocenters. The number of rotatable bonds is 4. The number of halogens is 1. The molecule has 3 N–H and O–H groups in total. The van der Waals surface area contributed by atoms with Crippen molar-refractivity contribution in [3.8, 4) is 5.75 Å². The second kappa shape index (κ2) is 8.34. The summed E-state index contributed by atoms with van der Waals surface area (Å²) in [6.45, 7) is 11.3. The SMILES string of the molecule is Cc1cc(C)cc(OCCN=C(N)NC(C)(C)C)c1.I. The highest BCUT2D eigenvalue weighted by Crippen LogP contribution is 2.15. The van der Waals surface area contributed by atoms with Crippen molar-refractivity contribution in [3.63, 3.8) is 0 Å². The maximum Gasteiger partial charge on any atom is 0.189 e. The monoisotopic (exact) mass is 391 g/mol. The van der Waals surface area contributed by atoms with E-state index in [1.165, 1.54) is 11.1 Å². The lowest BCUT2D eigenvalue weighted by atomic mass is 10.1. The van der Waals surface area contributed by atoms with Crippen molar-refractivity contribution in [2.75, 3.05) is 13.2 Å². The first-order valence-electron chi connectivity index (χ1n) is 6.55. The Morgan fingerprint density at radius 2 is 1.75 bits per heavy atom. The third-order valence-corrected chi connectivity index (χ3v) is 2.34. The van der Waals surface area contributed by atoms with Crippen LogP contribution in [0, 0.1) is 13.8 Å². The molecule has 20 heavy (non-hydrogen) atoms. The molecule has 0 aliphatic rings. The molecule has 0 saturated heterocycles. The van der Waals surface area contributed by atoms with Gasteiger partial charge in [-0.25, -0.2) is 4.99 Å². The van der Waals surface area contributed by atoms with Crippen molar-refractivity contribution in [2.24, 2.45) is 10.7 Å². The summed E-state index contributed by atoms with van der Waals surface area (Å²) in [6.07, 6.45) is 0. The Morgan fingerprint density at radius 3 is 2.25 bits per heavy atom. The summed E-state index contributed by atoms with van der Waals surface area (Å²) in [5, 5.41) is 3.11. The molecule has 4 nitrogen and oxygen atoms in total. The van der Waals surface area contributed by atoms with E-state index in [1.807, 2.05) is 32.9 Å². The van der Waals surface area contributed by atoms with Gasteiger partial charge in [0.15, 0.2) is 5.96 Å². The normalized spacial score (nSPS) is 11.8. The van der Waals surface area contributed by atoms with Gasteiger partial charge in [0.1, 0.15) is 12.4 Å². The van der Waals surface area contributed by atoms with Gasteiger partial charge in [-0.3, -0.25) is 0 Å². The Hall–Kier alpha value is -0.980. The van der Waals surface area contributed by atoms with Gasteiger partial charge in [-0.2, -0.15) is 0 Å². The molecule has 5 heteroatoms. The fraction of sp³-hybridized carbons (Fsp3) is 0.533. The summed E-state index contributed by atoms with van der Waals surface area (Å²) in [7, 11) is 0. The Morgan fingerprint density at radius 1 is 1.20 bits per heavy atom. The largest absolute Gasteiger partial charge is 0.492 e. The van der Waals surface area contributed by atoms with Crippen LogP contribution in [-0.2, 0) is 0 Å². The van der Waals surface area contributed by atoms with Crippen molar-refractivity contribution in [3.05, 3.63) is 29.3 Å². The molecule has 0 aliphatic heterocycles. The zero-order chi connectivity index (χ0) is 14.5. The summed E-state index contributed by atoms with van der Waals surface area (Å²) in [4.78, 5) is 4.23. The van der Waals surface area contributed by atoms with Gasteiger partial charge < -0.3 is 15.8 Å². The number of nitrogens with zero attached hydrogens (tertiary/aromatic N) is 1. The molecule has 0 aliphatic carbocycles. The smallest absolute Gasteiger partial charge is 0.189 e. The zero-order valence-corrected chi connectivity index (χ0v) is 15.3. The van der Waals surface area contributed by atoms with Crippen LogP contribution in [0.15, 0.2) is 23.2 Å². The lowest BCUT2D eigenvalue weighted by Crippen LogP contribution is -2.45. The predicted octanol–water partition coefficient (Wildman–Crippen LogP) is 3.00. The maximum absolute atomic E-state index is 5.77. The van der Waals surface area contributed by atoms with Gasteiger partial charge in [-0.1, -0.05) is 6.07 Å². The summed E-state index contributed by atoms with van der Waals surface area (Å²) < 4.78 is 5.66. The van der Waals surface area contributed by atoms with E-state index >= 15 is 0 Å². The number of benzene rings is 1. The summed E-state index contributed by atoms with van der Waals surface area (Å²) >= 11 is 0. The molecular weight excluding hydrogens is 365 g/mol. The number of guanidine groups is 1. The van der Waals surface area contributed by atoms with Crippen molar-refractivity contribution < 1.29 is 4.74 Å². The highest BCUT2D eigenvalue weighted by molar-refractivity contribution is 14.0. The first-order chi connectivity index (χ1) is 8.76. The van der Waals surface area contributed by atoms with Crippen LogP contribution in [0.3, 0.4) is 0 Å². The Balaban J connectivity index is 0.00000361. The number of hydrogen-bond acceptors (Lipinski definition) is 2.